The Balaban J connectivity index is 2.23. The number of hydrogen-bond acceptors (Lipinski definition) is 2. The molecule has 17 heavy (non-hydrogen) atoms. The first kappa shape index (κ1) is 12.1. The van der Waals surface area contributed by atoms with Crippen LogP contribution in [0, 0.1) is 5.41 Å². The highest BCUT2D eigenvalue weighted by atomic mass is 16.2. The minimum atomic E-state index is -0.441. The van der Waals surface area contributed by atoms with Crippen LogP contribution in [0.15, 0.2) is 30.3 Å². The highest BCUT2D eigenvalue weighted by Gasteiger charge is 2.46. The lowest BCUT2D eigenvalue weighted by atomic mass is 9.88. The number of carbonyl (C=O) groups excluding carboxylic acids is 1. The number of rotatable bonds is 2. The third kappa shape index (κ3) is 1.95. The van der Waals surface area contributed by atoms with E-state index in [2.05, 4.69) is 19.1 Å². The van der Waals surface area contributed by atoms with Crippen molar-refractivity contribution in [1.82, 2.24) is 4.90 Å². The Morgan fingerprint density at radius 1 is 1.35 bits per heavy atom. The van der Waals surface area contributed by atoms with Gasteiger partial charge < -0.3 is 10.6 Å². The van der Waals surface area contributed by atoms with Gasteiger partial charge in [0, 0.05) is 12.6 Å². The monoisotopic (exact) mass is 232 g/mol. The van der Waals surface area contributed by atoms with Gasteiger partial charge in [-0.05, 0) is 26.3 Å². The summed E-state index contributed by atoms with van der Waals surface area (Å²) in [6, 6.07) is 10.1. The fraction of sp³-hybridized carbons (Fsp3) is 0.500. The molecule has 0 spiro atoms. The maximum Gasteiger partial charge on any atom is 0.230 e. The summed E-state index contributed by atoms with van der Waals surface area (Å²) in [5.41, 5.74) is 6.76. The third-order valence-corrected chi connectivity index (χ3v) is 3.88. The highest BCUT2D eigenvalue weighted by Crippen LogP contribution is 2.35. The molecule has 1 aromatic carbocycles. The van der Waals surface area contributed by atoms with E-state index in [1.807, 2.05) is 36.9 Å². The second-order valence-corrected chi connectivity index (χ2v) is 5.37. The second kappa shape index (κ2) is 4.15. The highest BCUT2D eigenvalue weighted by molar-refractivity contribution is 5.85. The molecule has 1 heterocycles. The van der Waals surface area contributed by atoms with Crippen molar-refractivity contribution in [1.29, 1.82) is 0 Å². The Morgan fingerprint density at radius 3 is 2.41 bits per heavy atom. The lowest BCUT2D eigenvalue weighted by molar-refractivity contribution is -0.136. The van der Waals surface area contributed by atoms with Crippen LogP contribution in [0.4, 0.5) is 0 Å². The fourth-order valence-electron chi connectivity index (χ4n) is 2.30. The van der Waals surface area contributed by atoms with Crippen LogP contribution in [0.3, 0.4) is 0 Å². The molecule has 1 aliphatic rings. The average molecular weight is 232 g/mol. The van der Waals surface area contributed by atoms with E-state index in [1.54, 1.807) is 0 Å². The fourth-order valence-corrected chi connectivity index (χ4v) is 2.30. The Bertz CT molecular complexity index is 413. The van der Waals surface area contributed by atoms with Gasteiger partial charge in [-0.3, -0.25) is 4.79 Å². The minimum Gasteiger partial charge on any atom is -0.334 e. The van der Waals surface area contributed by atoms with Gasteiger partial charge in [-0.2, -0.15) is 0 Å². The first-order valence-electron chi connectivity index (χ1n) is 6.06. The quantitative estimate of drug-likeness (QED) is 0.847. The minimum absolute atomic E-state index is 0.0823. The maximum absolute atomic E-state index is 12.3. The zero-order valence-electron chi connectivity index (χ0n) is 10.7. The van der Waals surface area contributed by atoms with Crippen molar-refractivity contribution >= 4 is 5.91 Å². The molecule has 1 fully saturated rings. The first-order valence-corrected chi connectivity index (χ1v) is 6.06. The lowest BCUT2D eigenvalue weighted by Crippen LogP contribution is -2.37. The van der Waals surface area contributed by atoms with Gasteiger partial charge in [0.2, 0.25) is 5.91 Å². The molecule has 1 amide bonds. The van der Waals surface area contributed by atoms with Crippen LogP contribution < -0.4 is 5.73 Å². The van der Waals surface area contributed by atoms with E-state index in [9.17, 15) is 4.79 Å². The molecule has 2 rings (SSSR count). The Hall–Kier alpha value is -1.35. The third-order valence-electron chi connectivity index (χ3n) is 3.88. The zero-order valence-corrected chi connectivity index (χ0v) is 10.7. The van der Waals surface area contributed by atoms with E-state index < -0.39 is 5.41 Å². The van der Waals surface area contributed by atoms with Crippen molar-refractivity contribution in [2.75, 3.05) is 6.54 Å². The van der Waals surface area contributed by atoms with Crippen LogP contribution >= 0.6 is 0 Å². The predicted octanol–water partition coefficient (Wildman–Crippen LogP) is 1.94. The Kier molecular flexibility index (Phi) is 2.96. The van der Waals surface area contributed by atoms with Crippen molar-refractivity contribution in [2.24, 2.45) is 11.1 Å². The number of likely N-dealkylation sites (tertiary alicyclic amines) is 1. The van der Waals surface area contributed by atoms with Crippen molar-refractivity contribution < 1.29 is 4.79 Å². The van der Waals surface area contributed by atoms with E-state index in [4.69, 9.17) is 5.73 Å². The molecule has 3 heteroatoms. The molecule has 0 aliphatic carbocycles. The molecule has 0 saturated carbocycles. The molecule has 2 atom stereocenters. The summed E-state index contributed by atoms with van der Waals surface area (Å²) in [7, 11) is 0. The van der Waals surface area contributed by atoms with Gasteiger partial charge in [-0.1, -0.05) is 30.3 Å². The molecule has 1 unspecified atom stereocenters. The number of nitrogens with two attached hydrogens (primary N) is 1. The van der Waals surface area contributed by atoms with Gasteiger partial charge in [-0.25, -0.2) is 0 Å². The van der Waals surface area contributed by atoms with Crippen LogP contribution in [0.1, 0.15) is 32.4 Å². The van der Waals surface area contributed by atoms with Gasteiger partial charge in [-0.15, -0.1) is 0 Å². The van der Waals surface area contributed by atoms with Crippen molar-refractivity contribution in [3.05, 3.63) is 35.9 Å². The summed E-state index contributed by atoms with van der Waals surface area (Å²) >= 11 is 0. The summed E-state index contributed by atoms with van der Waals surface area (Å²) in [6.45, 7) is 6.55. The number of amides is 1. The summed E-state index contributed by atoms with van der Waals surface area (Å²) in [6.07, 6.45) is 0. The van der Waals surface area contributed by atoms with Crippen LogP contribution in [-0.4, -0.2) is 23.4 Å². The standard InChI is InChI=1S/C14H20N2O/c1-10(11-7-5-4-6-8-11)16-9-12(15)14(2,3)13(16)17/h4-8,10,12H,9,15H2,1-3H3/t10-,12?/m0/s1. The van der Waals surface area contributed by atoms with E-state index >= 15 is 0 Å². The van der Waals surface area contributed by atoms with Gasteiger partial charge in [0.25, 0.3) is 0 Å². The van der Waals surface area contributed by atoms with Gasteiger partial charge >= 0.3 is 0 Å². The molecular formula is C14H20N2O. The molecule has 0 aromatic heterocycles. The Labute approximate surface area is 103 Å². The molecular weight excluding hydrogens is 212 g/mol. The van der Waals surface area contributed by atoms with E-state index in [1.165, 1.54) is 0 Å². The van der Waals surface area contributed by atoms with Crippen LogP contribution in [0.25, 0.3) is 0 Å². The summed E-state index contributed by atoms with van der Waals surface area (Å²) in [5, 5.41) is 0. The first-order chi connectivity index (χ1) is 7.94. The average Bonchev–Trinajstić information content (AvgIpc) is 2.53. The number of benzene rings is 1. The zero-order chi connectivity index (χ0) is 12.6. The number of nitrogens with zero attached hydrogens (tertiary/aromatic N) is 1. The van der Waals surface area contributed by atoms with E-state index in [0.29, 0.717) is 6.54 Å². The second-order valence-electron chi connectivity index (χ2n) is 5.37. The van der Waals surface area contributed by atoms with Crippen LogP contribution in [-0.2, 0) is 4.79 Å². The van der Waals surface area contributed by atoms with Gasteiger partial charge in [0.15, 0.2) is 0 Å². The molecule has 0 radical (unpaired) electrons. The van der Waals surface area contributed by atoms with Crippen LogP contribution in [0.5, 0.6) is 0 Å². The number of carbonyl (C=O) groups is 1. The van der Waals surface area contributed by atoms with Crippen molar-refractivity contribution in [2.45, 2.75) is 32.9 Å². The van der Waals surface area contributed by atoms with Crippen LogP contribution in [0.2, 0.25) is 0 Å². The van der Waals surface area contributed by atoms with Gasteiger partial charge in [0.1, 0.15) is 0 Å². The largest absolute Gasteiger partial charge is 0.334 e. The van der Waals surface area contributed by atoms with Crippen molar-refractivity contribution in [3.63, 3.8) is 0 Å². The SMILES string of the molecule is C[C@@H](c1ccccc1)N1CC(N)C(C)(C)C1=O. The topological polar surface area (TPSA) is 46.3 Å². The summed E-state index contributed by atoms with van der Waals surface area (Å²) in [5.74, 6) is 0.154. The summed E-state index contributed by atoms with van der Waals surface area (Å²) in [4.78, 5) is 14.2. The molecule has 1 aromatic rings. The lowest BCUT2D eigenvalue weighted by Gasteiger charge is -2.26. The van der Waals surface area contributed by atoms with Gasteiger partial charge in [0.05, 0.1) is 11.5 Å². The molecule has 1 saturated heterocycles. The molecule has 2 N–H and O–H groups in total. The molecule has 0 bridgehead atoms. The van der Waals surface area contributed by atoms with E-state index in [0.717, 1.165) is 5.56 Å². The maximum atomic E-state index is 12.3. The molecule has 1 aliphatic heterocycles. The number of hydrogen-bond donors (Lipinski definition) is 1. The predicted molar refractivity (Wildman–Crippen MR) is 68.3 cm³/mol. The van der Waals surface area contributed by atoms with E-state index in [-0.39, 0.29) is 18.0 Å². The summed E-state index contributed by atoms with van der Waals surface area (Å²) < 4.78 is 0. The smallest absolute Gasteiger partial charge is 0.230 e. The Morgan fingerprint density at radius 2 is 1.94 bits per heavy atom. The molecule has 3 nitrogen and oxygen atoms in total. The molecule has 92 valence electrons. The van der Waals surface area contributed by atoms with Crippen molar-refractivity contribution in [3.8, 4) is 0 Å². The normalized spacial score (nSPS) is 25.1.